The van der Waals surface area contributed by atoms with Gasteiger partial charge in [-0.2, -0.15) is 0 Å². The third-order valence-electron chi connectivity index (χ3n) is 4.35. The first-order chi connectivity index (χ1) is 11.8. The van der Waals surface area contributed by atoms with Crippen molar-refractivity contribution in [1.29, 1.82) is 0 Å². The fourth-order valence-corrected chi connectivity index (χ4v) is 3.15. The summed E-state index contributed by atoms with van der Waals surface area (Å²) in [5.74, 6) is 0.567. The van der Waals surface area contributed by atoms with Crippen molar-refractivity contribution in [2.75, 3.05) is 31.1 Å². The molecule has 0 radical (unpaired) electrons. The topological polar surface area (TPSA) is 45.2 Å². The fourth-order valence-electron chi connectivity index (χ4n) is 3.15. The van der Waals surface area contributed by atoms with Gasteiger partial charge in [-0.3, -0.25) is 9.88 Å². The van der Waals surface area contributed by atoms with Gasteiger partial charge in [0.25, 0.3) is 0 Å². The number of rotatable bonds is 3. The van der Waals surface area contributed by atoms with Crippen LogP contribution in [-0.2, 0) is 6.54 Å². The van der Waals surface area contributed by atoms with Crippen LogP contribution in [0.5, 0.6) is 0 Å². The lowest BCUT2D eigenvalue weighted by Crippen LogP contribution is -2.46. The Kier molecular flexibility index (Phi) is 4.04. The first-order valence-corrected chi connectivity index (χ1v) is 8.07. The predicted octanol–water partition coefficient (Wildman–Crippen LogP) is 2.49. The number of anilines is 1. The van der Waals surface area contributed by atoms with E-state index in [0.717, 1.165) is 48.6 Å². The van der Waals surface area contributed by atoms with Gasteiger partial charge in [0, 0.05) is 56.7 Å². The number of nitrogens with zero attached hydrogens (tertiary/aromatic N) is 5. The summed E-state index contributed by atoms with van der Waals surface area (Å²) in [7, 11) is 0. The van der Waals surface area contributed by atoms with Crippen molar-refractivity contribution in [3.63, 3.8) is 0 Å². The number of hydrogen-bond acceptors (Lipinski definition) is 5. The van der Waals surface area contributed by atoms with E-state index in [1.165, 1.54) is 6.07 Å². The van der Waals surface area contributed by atoms with Gasteiger partial charge < -0.3 is 4.90 Å². The van der Waals surface area contributed by atoms with Gasteiger partial charge in [0.1, 0.15) is 5.82 Å². The quantitative estimate of drug-likeness (QED) is 0.741. The SMILES string of the molecule is Fc1cc(CN2CCN(c3ncccn3)CC2)c2ncccc2c1. The zero-order valence-corrected chi connectivity index (χ0v) is 13.3. The highest BCUT2D eigenvalue weighted by Gasteiger charge is 2.19. The van der Waals surface area contributed by atoms with Crippen molar-refractivity contribution in [2.24, 2.45) is 0 Å². The molecule has 0 atom stereocenters. The summed E-state index contributed by atoms with van der Waals surface area (Å²) < 4.78 is 13.9. The molecule has 6 heteroatoms. The maximum Gasteiger partial charge on any atom is 0.225 e. The van der Waals surface area contributed by atoms with Crippen LogP contribution >= 0.6 is 0 Å². The molecule has 0 spiro atoms. The Morgan fingerprint density at radius 2 is 1.67 bits per heavy atom. The second-order valence-corrected chi connectivity index (χ2v) is 5.95. The lowest BCUT2D eigenvalue weighted by molar-refractivity contribution is 0.249. The number of fused-ring (bicyclic) bond motifs is 1. The zero-order chi connectivity index (χ0) is 16.4. The van der Waals surface area contributed by atoms with E-state index >= 15 is 0 Å². The number of halogens is 1. The molecule has 122 valence electrons. The molecule has 24 heavy (non-hydrogen) atoms. The molecular weight excluding hydrogens is 305 g/mol. The molecule has 0 N–H and O–H groups in total. The van der Waals surface area contributed by atoms with Gasteiger partial charge in [-0.15, -0.1) is 0 Å². The van der Waals surface area contributed by atoms with Crippen LogP contribution in [0, 0.1) is 5.82 Å². The van der Waals surface area contributed by atoms with Crippen LogP contribution in [0.3, 0.4) is 0 Å². The van der Waals surface area contributed by atoms with Crippen molar-refractivity contribution in [3.8, 4) is 0 Å². The zero-order valence-electron chi connectivity index (χ0n) is 13.3. The minimum Gasteiger partial charge on any atom is -0.338 e. The summed E-state index contributed by atoms with van der Waals surface area (Å²) in [6.45, 7) is 4.22. The number of pyridine rings is 1. The molecule has 1 aromatic carbocycles. The summed E-state index contributed by atoms with van der Waals surface area (Å²) in [5, 5.41) is 0.851. The van der Waals surface area contributed by atoms with Crippen molar-refractivity contribution in [2.45, 2.75) is 6.54 Å². The molecule has 0 saturated carbocycles. The lowest BCUT2D eigenvalue weighted by Gasteiger charge is -2.34. The van der Waals surface area contributed by atoms with Crippen LogP contribution in [0.15, 0.2) is 48.9 Å². The third-order valence-corrected chi connectivity index (χ3v) is 4.35. The number of piperazine rings is 1. The highest BCUT2D eigenvalue weighted by molar-refractivity contribution is 5.81. The van der Waals surface area contributed by atoms with E-state index in [2.05, 4.69) is 24.8 Å². The monoisotopic (exact) mass is 323 g/mol. The number of benzene rings is 1. The van der Waals surface area contributed by atoms with E-state index in [9.17, 15) is 4.39 Å². The second kappa shape index (κ2) is 6.49. The largest absolute Gasteiger partial charge is 0.338 e. The summed E-state index contributed by atoms with van der Waals surface area (Å²) >= 11 is 0. The van der Waals surface area contributed by atoms with E-state index in [0.29, 0.717) is 6.54 Å². The van der Waals surface area contributed by atoms with Crippen molar-refractivity contribution in [3.05, 3.63) is 60.3 Å². The maximum atomic E-state index is 13.9. The Morgan fingerprint density at radius 3 is 2.46 bits per heavy atom. The summed E-state index contributed by atoms with van der Waals surface area (Å²) in [6.07, 6.45) is 5.28. The maximum absolute atomic E-state index is 13.9. The molecule has 1 saturated heterocycles. The molecule has 0 aliphatic carbocycles. The van der Waals surface area contributed by atoms with Crippen LogP contribution in [0.1, 0.15) is 5.56 Å². The molecule has 1 aliphatic heterocycles. The van der Waals surface area contributed by atoms with Gasteiger partial charge >= 0.3 is 0 Å². The molecule has 2 aromatic heterocycles. The molecule has 0 unspecified atom stereocenters. The van der Waals surface area contributed by atoms with E-state index in [1.807, 2.05) is 18.2 Å². The fraction of sp³-hybridized carbons (Fsp3) is 0.278. The molecule has 3 aromatic rings. The summed E-state index contributed by atoms with van der Waals surface area (Å²) in [6, 6.07) is 8.70. The minimum absolute atomic E-state index is 0.207. The van der Waals surface area contributed by atoms with E-state index < -0.39 is 0 Å². The lowest BCUT2D eigenvalue weighted by atomic mass is 10.1. The molecule has 4 rings (SSSR count). The van der Waals surface area contributed by atoms with Gasteiger partial charge in [0.2, 0.25) is 5.95 Å². The smallest absolute Gasteiger partial charge is 0.225 e. The van der Waals surface area contributed by atoms with E-state index in [-0.39, 0.29) is 5.82 Å². The van der Waals surface area contributed by atoms with E-state index in [4.69, 9.17) is 0 Å². The van der Waals surface area contributed by atoms with Crippen molar-refractivity contribution in [1.82, 2.24) is 19.9 Å². The Labute approximate surface area is 139 Å². The van der Waals surface area contributed by atoms with Gasteiger partial charge in [0.15, 0.2) is 0 Å². The van der Waals surface area contributed by atoms with Gasteiger partial charge in [-0.1, -0.05) is 6.07 Å². The standard InChI is InChI=1S/C18H18FN5/c19-16-11-14-3-1-4-20-17(14)15(12-16)13-23-7-9-24(10-8-23)18-21-5-2-6-22-18/h1-6,11-12H,7-10,13H2. The van der Waals surface area contributed by atoms with Crippen LogP contribution in [-0.4, -0.2) is 46.0 Å². The normalized spacial score (nSPS) is 15.8. The highest BCUT2D eigenvalue weighted by Crippen LogP contribution is 2.21. The Balaban J connectivity index is 1.48. The highest BCUT2D eigenvalue weighted by atomic mass is 19.1. The minimum atomic E-state index is -0.207. The molecule has 0 amide bonds. The average Bonchev–Trinajstić information content (AvgIpc) is 2.63. The molecule has 3 heterocycles. The van der Waals surface area contributed by atoms with Gasteiger partial charge in [0.05, 0.1) is 5.52 Å². The molecule has 5 nitrogen and oxygen atoms in total. The van der Waals surface area contributed by atoms with Crippen molar-refractivity contribution < 1.29 is 4.39 Å². The predicted molar refractivity (Wildman–Crippen MR) is 91.2 cm³/mol. The average molecular weight is 323 g/mol. The molecular formula is C18H18FN5. The van der Waals surface area contributed by atoms with Gasteiger partial charge in [-0.25, -0.2) is 14.4 Å². The first-order valence-electron chi connectivity index (χ1n) is 8.07. The van der Waals surface area contributed by atoms with Gasteiger partial charge in [-0.05, 0) is 29.8 Å². The third kappa shape index (κ3) is 3.05. The van der Waals surface area contributed by atoms with E-state index in [1.54, 1.807) is 24.7 Å². The molecule has 1 aliphatic rings. The Morgan fingerprint density at radius 1 is 0.917 bits per heavy atom. The van der Waals surface area contributed by atoms with Crippen LogP contribution < -0.4 is 4.90 Å². The van der Waals surface area contributed by atoms with Crippen LogP contribution in [0.4, 0.5) is 10.3 Å². The van der Waals surface area contributed by atoms with Crippen LogP contribution in [0.25, 0.3) is 10.9 Å². The summed E-state index contributed by atoms with van der Waals surface area (Å²) in [4.78, 5) is 17.5. The molecule has 1 fully saturated rings. The Bertz CT molecular complexity index is 831. The second-order valence-electron chi connectivity index (χ2n) is 5.95. The number of aromatic nitrogens is 3. The number of hydrogen-bond donors (Lipinski definition) is 0. The van der Waals surface area contributed by atoms with Crippen LogP contribution in [0.2, 0.25) is 0 Å². The Hall–Kier alpha value is -2.60. The van der Waals surface area contributed by atoms with Crippen molar-refractivity contribution >= 4 is 16.9 Å². The summed E-state index contributed by atoms with van der Waals surface area (Å²) in [5.41, 5.74) is 1.82. The first kappa shape index (κ1) is 15.0. The molecule has 0 bridgehead atoms.